The van der Waals surface area contributed by atoms with Gasteiger partial charge in [0.05, 0.1) is 18.0 Å². The number of hydrogen-bond donors (Lipinski definition) is 1. The number of carbonyl (C=O) groups excluding carboxylic acids is 1. The van der Waals surface area contributed by atoms with Gasteiger partial charge in [-0.1, -0.05) is 42.8 Å². The summed E-state index contributed by atoms with van der Waals surface area (Å²) in [6, 6.07) is 13.6. The summed E-state index contributed by atoms with van der Waals surface area (Å²) < 4.78 is 31.9. The molecule has 0 spiro atoms. The molecule has 0 saturated carbocycles. The molecule has 2 aromatic carbocycles. The molecule has 0 aliphatic carbocycles. The second-order valence-corrected chi connectivity index (χ2v) is 9.16. The quantitative estimate of drug-likeness (QED) is 0.677. The van der Waals surface area contributed by atoms with Gasteiger partial charge >= 0.3 is 0 Å². The molecule has 0 aliphatic heterocycles. The standard InChI is InChI=1S/C22H30N2O4S/c1-6-20(24(29(5,26)27)19-13-11-16(2)12-14-19)22(25)23-18(4)15-28-21-10-8-7-9-17(21)3/h7-14,18,20H,6,15H2,1-5H3,(H,23,25)/t18-,20+/m0/s1. The first-order valence-corrected chi connectivity index (χ1v) is 11.5. The normalized spacial score (nSPS) is 13.4. The molecule has 0 saturated heterocycles. The summed E-state index contributed by atoms with van der Waals surface area (Å²) in [6.45, 7) is 7.80. The molecule has 0 heterocycles. The number of nitrogens with one attached hydrogen (secondary N) is 1. The van der Waals surface area contributed by atoms with E-state index in [9.17, 15) is 13.2 Å². The second kappa shape index (κ2) is 9.78. The zero-order valence-corrected chi connectivity index (χ0v) is 18.5. The van der Waals surface area contributed by atoms with Crippen LogP contribution in [0.25, 0.3) is 0 Å². The second-order valence-electron chi connectivity index (χ2n) is 7.30. The van der Waals surface area contributed by atoms with Crippen molar-refractivity contribution in [2.45, 2.75) is 46.2 Å². The van der Waals surface area contributed by atoms with Crippen molar-refractivity contribution in [2.24, 2.45) is 0 Å². The topological polar surface area (TPSA) is 75.7 Å². The van der Waals surface area contributed by atoms with Crippen molar-refractivity contribution in [3.8, 4) is 5.75 Å². The van der Waals surface area contributed by atoms with Crippen molar-refractivity contribution < 1.29 is 17.9 Å². The Kier molecular flexibility index (Phi) is 7.67. The highest BCUT2D eigenvalue weighted by molar-refractivity contribution is 7.92. The highest BCUT2D eigenvalue weighted by Gasteiger charge is 2.32. The van der Waals surface area contributed by atoms with E-state index in [0.717, 1.165) is 23.1 Å². The van der Waals surface area contributed by atoms with Crippen LogP contribution in [0.2, 0.25) is 0 Å². The van der Waals surface area contributed by atoms with Crippen molar-refractivity contribution in [3.63, 3.8) is 0 Å². The number of aryl methyl sites for hydroxylation is 2. The Morgan fingerprint density at radius 2 is 1.72 bits per heavy atom. The Balaban J connectivity index is 2.12. The molecule has 6 nitrogen and oxygen atoms in total. The number of nitrogens with zero attached hydrogens (tertiary/aromatic N) is 1. The molecule has 29 heavy (non-hydrogen) atoms. The summed E-state index contributed by atoms with van der Waals surface area (Å²) in [6.07, 6.45) is 1.46. The lowest BCUT2D eigenvalue weighted by Crippen LogP contribution is -2.52. The van der Waals surface area contributed by atoms with Gasteiger partial charge in [-0.2, -0.15) is 0 Å². The summed E-state index contributed by atoms with van der Waals surface area (Å²) in [5.74, 6) is 0.414. The molecule has 2 rings (SSSR count). The van der Waals surface area contributed by atoms with Gasteiger partial charge < -0.3 is 10.1 Å². The number of benzene rings is 2. The summed E-state index contributed by atoms with van der Waals surface area (Å²) in [4.78, 5) is 12.9. The molecule has 0 radical (unpaired) electrons. The van der Waals surface area contributed by atoms with Gasteiger partial charge in [0.2, 0.25) is 15.9 Å². The van der Waals surface area contributed by atoms with Crippen molar-refractivity contribution in [3.05, 3.63) is 59.7 Å². The van der Waals surface area contributed by atoms with Gasteiger partial charge in [-0.05, 0) is 51.0 Å². The Morgan fingerprint density at radius 3 is 2.28 bits per heavy atom. The van der Waals surface area contributed by atoms with Crippen LogP contribution in [0.5, 0.6) is 5.75 Å². The first kappa shape index (κ1) is 22.7. The first-order chi connectivity index (χ1) is 13.6. The minimum absolute atomic E-state index is 0.282. The van der Waals surface area contributed by atoms with E-state index in [2.05, 4.69) is 5.32 Å². The Morgan fingerprint density at radius 1 is 1.10 bits per heavy atom. The molecule has 1 N–H and O–H groups in total. The lowest BCUT2D eigenvalue weighted by molar-refractivity contribution is -0.123. The first-order valence-electron chi connectivity index (χ1n) is 9.68. The fourth-order valence-corrected chi connectivity index (χ4v) is 4.28. The molecule has 0 aromatic heterocycles. The van der Waals surface area contributed by atoms with E-state index >= 15 is 0 Å². The predicted octanol–water partition coefficient (Wildman–Crippen LogP) is 3.43. The average Bonchev–Trinajstić information content (AvgIpc) is 2.65. The van der Waals surface area contributed by atoms with E-state index in [4.69, 9.17) is 4.74 Å². The van der Waals surface area contributed by atoms with Crippen LogP contribution in [0, 0.1) is 13.8 Å². The summed E-state index contributed by atoms with van der Waals surface area (Å²) in [5.41, 5.74) is 2.51. The van der Waals surface area contributed by atoms with Crippen LogP contribution in [-0.4, -0.2) is 39.3 Å². The van der Waals surface area contributed by atoms with Crippen LogP contribution in [0.15, 0.2) is 48.5 Å². The molecule has 158 valence electrons. The third-order valence-electron chi connectivity index (χ3n) is 4.59. The highest BCUT2D eigenvalue weighted by Crippen LogP contribution is 2.23. The number of carbonyl (C=O) groups is 1. The SMILES string of the molecule is CC[C@H](C(=O)N[C@@H](C)COc1ccccc1C)N(c1ccc(C)cc1)S(C)(=O)=O. The zero-order valence-electron chi connectivity index (χ0n) is 17.7. The fourth-order valence-electron chi connectivity index (χ4n) is 3.07. The largest absolute Gasteiger partial charge is 0.491 e. The molecule has 1 amide bonds. The van der Waals surface area contributed by atoms with Gasteiger partial charge in [-0.25, -0.2) is 8.42 Å². The van der Waals surface area contributed by atoms with E-state index in [0.29, 0.717) is 12.1 Å². The van der Waals surface area contributed by atoms with Crippen molar-refractivity contribution in [1.82, 2.24) is 5.32 Å². The molecule has 0 unspecified atom stereocenters. The monoisotopic (exact) mass is 418 g/mol. The molecular weight excluding hydrogens is 388 g/mol. The number of amides is 1. The maximum Gasteiger partial charge on any atom is 0.244 e. The van der Waals surface area contributed by atoms with E-state index in [-0.39, 0.29) is 18.6 Å². The molecule has 0 fully saturated rings. The summed E-state index contributed by atoms with van der Waals surface area (Å²) in [7, 11) is -3.64. The Labute approximate surface area is 173 Å². The van der Waals surface area contributed by atoms with Crippen molar-refractivity contribution in [1.29, 1.82) is 0 Å². The lowest BCUT2D eigenvalue weighted by atomic mass is 10.1. The number of anilines is 1. The van der Waals surface area contributed by atoms with Gasteiger partial charge in [0.1, 0.15) is 18.4 Å². The molecular formula is C22H30N2O4S. The van der Waals surface area contributed by atoms with Gasteiger partial charge in [0, 0.05) is 0 Å². The number of sulfonamides is 1. The molecule has 0 aliphatic rings. The summed E-state index contributed by atoms with van der Waals surface area (Å²) >= 11 is 0. The van der Waals surface area contributed by atoms with Crippen LogP contribution in [0.1, 0.15) is 31.4 Å². The van der Waals surface area contributed by atoms with Crippen LogP contribution in [0.3, 0.4) is 0 Å². The molecule has 7 heteroatoms. The predicted molar refractivity (Wildman–Crippen MR) is 117 cm³/mol. The van der Waals surface area contributed by atoms with Crippen molar-refractivity contribution >= 4 is 21.6 Å². The smallest absolute Gasteiger partial charge is 0.244 e. The zero-order chi connectivity index (χ0) is 21.6. The fraction of sp³-hybridized carbons (Fsp3) is 0.409. The van der Waals surface area contributed by atoms with Crippen LogP contribution in [-0.2, 0) is 14.8 Å². The molecule has 0 bridgehead atoms. The minimum Gasteiger partial charge on any atom is -0.491 e. The van der Waals surface area contributed by atoms with E-state index < -0.39 is 16.1 Å². The average molecular weight is 419 g/mol. The third-order valence-corrected chi connectivity index (χ3v) is 5.77. The van der Waals surface area contributed by atoms with Gasteiger partial charge in [0.15, 0.2) is 0 Å². The van der Waals surface area contributed by atoms with E-state index in [1.165, 1.54) is 4.31 Å². The molecule has 2 aromatic rings. The van der Waals surface area contributed by atoms with E-state index in [1.54, 1.807) is 19.1 Å². The minimum atomic E-state index is -3.64. The maximum absolute atomic E-state index is 12.9. The van der Waals surface area contributed by atoms with E-state index in [1.807, 2.05) is 57.2 Å². The summed E-state index contributed by atoms with van der Waals surface area (Å²) in [5, 5.41) is 2.88. The Hall–Kier alpha value is -2.54. The van der Waals surface area contributed by atoms with Crippen LogP contribution >= 0.6 is 0 Å². The highest BCUT2D eigenvalue weighted by atomic mass is 32.2. The third kappa shape index (κ3) is 6.22. The lowest BCUT2D eigenvalue weighted by Gasteiger charge is -2.31. The Bertz CT molecular complexity index is 926. The number of rotatable bonds is 9. The van der Waals surface area contributed by atoms with Crippen LogP contribution < -0.4 is 14.4 Å². The number of para-hydroxylation sites is 1. The maximum atomic E-state index is 12.9. The molecule has 2 atom stereocenters. The van der Waals surface area contributed by atoms with Gasteiger partial charge in [0.25, 0.3) is 0 Å². The van der Waals surface area contributed by atoms with Crippen LogP contribution in [0.4, 0.5) is 5.69 Å². The number of hydrogen-bond acceptors (Lipinski definition) is 4. The van der Waals surface area contributed by atoms with Gasteiger partial charge in [-0.3, -0.25) is 9.10 Å². The van der Waals surface area contributed by atoms with Gasteiger partial charge in [-0.15, -0.1) is 0 Å². The van der Waals surface area contributed by atoms with Crippen molar-refractivity contribution in [2.75, 3.05) is 17.2 Å². The number of ether oxygens (including phenoxy) is 1.